The molecule has 0 saturated carbocycles. The molecule has 0 radical (unpaired) electrons. The maximum Gasteiger partial charge on any atom is 0.347 e. The van der Waals surface area contributed by atoms with E-state index in [1.807, 2.05) is 0 Å². The third-order valence-corrected chi connectivity index (χ3v) is 3.48. The highest BCUT2D eigenvalue weighted by Gasteiger charge is 2.29. The smallest absolute Gasteiger partial charge is 0.347 e. The minimum Gasteiger partial charge on any atom is -0.466 e. The molecule has 1 saturated heterocycles. The van der Waals surface area contributed by atoms with Crippen LogP contribution in [0, 0.1) is 5.92 Å². The van der Waals surface area contributed by atoms with E-state index < -0.39 is 5.69 Å². The van der Waals surface area contributed by atoms with Gasteiger partial charge in [0.2, 0.25) is 5.91 Å². The highest BCUT2D eigenvalue weighted by atomic mass is 16.5. The molecule has 1 fully saturated rings. The summed E-state index contributed by atoms with van der Waals surface area (Å²) in [5, 5.41) is 0. The number of hydrogen-bond donors (Lipinski definition) is 0. The van der Waals surface area contributed by atoms with Crippen molar-refractivity contribution in [2.45, 2.75) is 26.3 Å². The number of nitrogens with zero attached hydrogens (tertiary/aromatic N) is 3. The summed E-state index contributed by atoms with van der Waals surface area (Å²) in [6.07, 6.45) is 4.41. The lowest BCUT2D eigenvalue weighted by Crippen LogP contribution is -2.45. The van der Waals surface area contributed by atoms with Gasteiger partial charge in [-0.2, -0.15) is 0 Å². The van der Waals surface area contributed by atoms with Crippen LogP contribution in [0.25, 0.3) is 0 Å². The standard InChI is InChI=1S/C14H19N3O4/c1-2-21-13(19)11-5-3-7-16(9-11)12(18)10-17-8-4-6-15-14(17)20/h4,6,8,11H,2-3,5,7,9-10H2,1H3/t11-/m0/s1. The van der Waals surface area contributed by atoms with Crippen molar-refractivity contribution in [2.75, 3.05) is 19.7 Å². The fourth-order valence-electron chi connectivity index (χ4n) is 2.41. The Kier molecular flexibility index (Phi) is 5.08. The first-order valence-electron chi connectivity index (χ1n) is 7.07. The second-order valence-corrected chi connectivity index (χ2v) is 4.96. The summed E-state index contributed by atoms with van der Waals surface area (Å²) in [6, 6.07) is 1.60. The summed E-state index contributed by atoms with van der Waals surface area (Å²) in [7, 11) is 0. The molecule has 1 aliphatic heterocycles. The van der Waals surface area contributed by atoms with Crippen molar-refractivity contribution >= 4 is 11.9 Å². The Bertz CT molecular complexity index is 569. The van der Waals surface area contributed by atoms with E-state index in [-0.39, 0.29) is 24.3 Å². The van der Waals surface area contributed by atoms with Crippen molar-refractivity contribution in [3.05, 3.63) is 28.9 Å². The van der Waals surface area contributed by atoms with Gasteiger partial charge in [-0.3, -0.25) is 14.2 Å². The molecule has 114 valence electrons. The Balaban J connectivity index is 1.98. The molecule has 0 spiro atoms. The molecule has 0 bridgehead atoms. The van der Waals surface area contributed by atoms with Crippen molar-refractivity contribution in [3.8, 4) is 0 Å². The molecule has 1 aromatic heterocycles. The normalized spacial score (nSPS) is 18.3. The molecule has 1 amide bonds. The monoisotopic (exact) mass is 293 g/mol. The molecule has 2 heterocycles. The SMILES string of the molecule is CCOC(=O)[C@H]1CCCN(C(=O)Cn2cccnc2=O)C1. The molecule has 0 aromatic carbocycles. The van der Waals surface area contributed by atoms with Gasteiger partial charge in [0, 0.05) is 25.5 Å². The van der Waals surface area contributed by atoms with Gasteiger partial charge in [-0.1, -0.05) is 0 Å². The third-order valence-electron chi connectivity index (χ3n) is 3.48. The van der Waals surface area contributed by atoms with Gasteiger partial charge in [-0.05, 0) is 25.8 Å². The Morgan fingerprint density at radius 1 is 1.48 bits per heavy atom. The van der Waals surface area contributed by atoms with E-state index in [9.17, 15) is 14.4 Å². The average Bonchev–Trinajstić information content (AvgIpc) is 2.50. The van der Waals surface area contributed by atoms with E-state index in [1.54, 1.807) is 17.9 Å². The fraction of sp³-hybridized carbons (Fsp3) is 0.571. The quantitative estimate of drug-likeness (QED) is 0.732. The van der Waals surface area contributed by atoms with Crippen molar-refractivity contribution in [3.63, 3.8) is 0 Å². The first-order chi connectivity index (χ1) is 10.1. The van der Waals surface area contributed by atoms with Gasteiger partial charge in [-0.25, -0.2) is 9.78 Å². The topological polar surface area (TPSA) is 81.5 Å². The number of carbonyl (C=O) groups is 2. The summed E-state index contributed by atoms with van der Waals surface area (Å²) >= 11 is 0. The predicted molar refractivity (Wildman–Crippen MR) is 74.4 cm³/mol. The lowest BCUT2D eigenvalue weighted by atomic mass is 9.98. The van der Waals surface area contributed by atoms with Crippen LogP contribution in [0.5, 0.6) is 0 Å². The summed E-state index contributed by atoms with van der Waals surface area (Å²) in [5.74, 6) is -0.707. The second-order valence-electron chi connectivity index (χ2n) is 4.96. The van der Waals surface area contributed by atoms with Gasteiger partial charge in [0.15, 0.2) is 0 Å². The summed E-state index contributed by atoms with van der Waals surface area (Å²) in [6.45, 7) is 3.01. The van der Waals surface area contributed by atoms with Crippen LogP contribution in [0.2, 0.25) is 0 Å². The van der Waals surface area contributed by atoms with Gasteiger partial charge >= 0.3 is 11.7 Å². The number of aromatic nitrogens is 2. The van der Waals surface area contributed by atoms with Crippen LogP contribution in [-0.4, -0.2) is 46.0 Å². The van der Waals surface area contributed by atoms with E-state index in [2.05, 4.69) is 4.98 Å². The molecule has 2 rings (SSSR count). The minimum atomic E-state index is -0.454. The van der Waals surface area contributed by atoms with Crippen LogP contribution in [0.15, 0.2) is 23.3 Å². The van der Waals surface area contributed by atoms with Crippen LogP contribution in [0.4, 0.5) is 0 Å². The predicted octanol–water partition coefficient (Wildman–Crippen LogP) is 0.0450. The number of piperidine rings is 1. The molecule has 0 N–H and O–H groups in total. The number of rotatable bonds is 4. The maximum absolute atomic E-state index is 12.2. The number of amides is 1. The van der Waals surface area contributed by atoms with Crippen LogP contribution in [0.1, 0.15) is 19.8 Å². The molecule has 1 aromatic rings. The molecule has 7 nitrogen and oxygen atoms in total. The summed E-state index contributed by atoms with van der Waals surface area (Å²) in [5.41, 5.74) is -0.454. The number of esters is 1. The Labute approximate surface area is 122 Å². The summed E-state index contributed by atoms with van der Waals surface area (Å²) < 4.78 is 6.26. The molecule has 0 unspecified atom stereocenters. The molecular formula is C14H19N3O4. The maximum atomic E-state index is 12.2. The third kappa shape index (κ3) is 3.90. The Morgan fingerprint density at radius 2 is 2.29 bits per heavy atom. The molecule has 1 aliphatic rings. The zero-order valence-electron chi connectivity index (χ0n) is 12.0. The zero-order chi connectivity index (χ0) is 15.2. The molecule has 21 heavy (non-hydrogen) atoms. The van der Waals surface area contributed by atoms with Crippen molar-refractivity contribution < 1.29 is 14.3 Å². The van der Waals surface area contributed by atoms with Crippen molar-refractivity contribution in [1.29, 1.82) is 0 Å². The van der Waals surface area contributed by atoms with Gasteiger partial charge < -0.3 is 9.64 Å². The lowest BCUT2D eigenvalue weighted by molar-refractivity contribution is -0.151. The summed E-state index contributed by atoms with van der Waals surface area (Å²) in [4.78, 5) is 40.7. The Hall–Kier alpha value is -2.18. The largest absolute Gasteiger partial charge is 0.466 e. The molecule has 0 aliphatic carbocycles. The van der Waals surface area contributed by atoms with E-state index in [0.717, 1.165) is 12.8 Å². The van der Waals surface area contributed by atoms with E-state index in [1.165, 1.54) is 17.0 Å². The Morgan fingerprint density at radius 3 is 3.00 bits per heavy atom. The molecular weight excluding hydrogens is 274 g/mol. The number of ether oxygens (including phenoxy) is 1. The highest BCUT2D eigenvalue weighted by molar-refractivity contribution is 5.78. The number of likely N-dealkylation sites (tertiary alicyclic amines) is 1. The van der Waals surface area contributed by atoms with Gasteiger partial charge in [0.25, 0.3) is 0 Å². The highest BCUT2D eigenvalue weighted by Crippen LogP contribution is 2.18. The van der Waals surface area contributed by atoms with E-state index in [4.69, 9.17) is 4.74 Å². The van der Waals surface area contributed by atoms with Crippen LogP contribution in [0.3, 0.4) is 0 Å². The molecule has 7 heteroatoms. The van der Waals surface area contributed by atoms with Gasteiger partial charge in [0.1, 0.15) is 6.54 Å². The van der Waals surface area contributed by atoms with Crippen molar-refractivity contribution in [2.24, 2.45) is 5.92 Å². The minimum absolute atomic E-state index is 0.0534. The number of carbonyl (C=O) groups excluding carboxylic acids is 2. The van der Waals surface area contributed by atoms with Gasteiger partial charge in [-0.15, -0.1) is 0 Å². The second kappa shape index (κ2) is 7.01. The fourth-order valence-corrected chi connectivity index (χ4v) is 2.41. The first kappa shape index (κ1) is 15.2. The average molecular weight is 293 g/mol. The van der Waals surface area contributed by atoms with Crippen molar-refractivity contribution in [1.82, 2.24) is 14.5 Å². The number of hydrogen-bond acceptors (Lipinski definition) is 5. The van der Waals surface area contributed by atoms with Crippen LogP contribution < -0.4 is 5.69 Å². The van der Waals surface area contributed by atoms with E-state index in [0.29, 0.717) is 19.7 Å². The van der Waals surface area contributed by atoms with Crippen LogP contribution >= 0.6 is 0 Å². The lowest BCUT2D eigenvalue weighted by Gasteiger charge is -2.31. The molecule has 1 atom stereocenters. The van der Waals surface area contributed by atoms with Gasteiger partial charge in [0.05, 0.1) is 12.5 Å². The first-order valence-corrected chi connectivity index (χ1v) is 7.07. The van der Waals surface area contributed by atoms with E-state index >= 15 is 0 Å². The zero-order valence-corrected chi connectivity index (χ0v) is 12.0. The van der Waals surface area contributed by atoms with Crippen LogP contribution in [-0.2, 0) is 20.9 Å².